The van der Waals surface area contributed by atoms with E-state index in [1.54, 1.807) is 6.92 Å². The summed E-state index contributed by atoms with van der Waals surface area (Å²) in [5, 5.41) is 2.87. The van der Waals surface area contributed by atoms with E-state index in [1.807, 2.05) is 31.2 Å². The standard InChI is InChI=1S/C18H25NO3/c1-3-22-18(21)16(14-7-5-4-6-8-14)17(20)19-15-11-9-13(2)10-12-15/h9-12,14,16H,3-8H2,1-2H3,(H,19,20)/t16-/m0/s1. The average Bonchev–Trinajstić information content (AvgIpc) is 2.51. The van der Waals surface area contributed by atoms with Crippen LogP contribution in [0.3, 0.4) is 0 Å². The van der Waals surface area contributed by atoms with Gasteiger partial charge in [-0.1, -0.05) is 37.0 Å². The highest BCUT2D eigenvalue weighted by Gasteiger charge is 2.36. The minimum Gasteiger partial charge on any atom is -0.465 e. The first-order chi connectivity index (χ1) is 10.6. The molecule has 120 valence electrons. The summed E-state index contributed by atoms with van der Waals surface area (Å²) in [4.78, 5) is 24.8. The molecule has 22 heavy (non-hydrogen) atoms. The maximum Gasteiger partial charge on any atom is 0.318 e. The van der Waals surface area contributed by atoms with Crippen LogP contribution in [0.25, 0.3) is 0 Å². The van der Waals surface area contributed by atoms with Crippen molar-refractivity contribution in [1.29, 1.82) is 0 Å². The Bertz CT molecular complexity index is 504. The van der Waals surface area contributed by atoms with E-state index in [1.165, 1.54) is 6.42 Å². The average molecular weight is 303 g/mol. The second-order valence-electron chi connectivity index (χ2n) is 5.98. The van der Waals surface area contributed by atoms with E-state index in [-0.39, 0.29) is 17.8 Å². The summed E-state index contributed by atoms with van der Waals surface area (Å²) in [5.41, 5.74) is 1.85. The highest BCUT2D eigenvalue weighted by Crippen LogP contribution is 2.31. The van der Waals surface area contributed by atoms with Gasteiger partial charge in [-0.3, -0.25) is 9.59 Å². The van der Waals surface area contributed by atoms with Crippen LogP contribution in [0.5, 0.6) is 0 Å². The number of benzene rings is 1. The van der Waals surface area contributed by atoms with Crippen molar-refractivity contribution in [1.82, 2.24) is 0 Å². The SMILES string of the molecule is CCOC(=O)[C@H](C(=O)Nc1ccc(C)cc1)C1CCCCC1. The van der Waals surface area contributed by atoms with Crippen LogP contribution in [-0.4, -0.2) is 18.5 Å². The van der Waals surface area contributed by atoms with Gasteiger partial charge in [-0.05, 0) is 44.7 Å². The Hall–Kier alpha value is -1.84. The molecule has 1 aromatic rings. The Kier molecular flexibility index (Phi) is 5.99. The van der Waals surface area contributed by atoms with Crippen LogP contribution in [0.15, 0.2) is 24.3 Å². The van der Waals surface area contributed by atoms with Crippen LogP contribution >= 0.6 is 0 Å². The summed E-state index contributed by atoms with van der Waals surface area (Å²) in [7, 11) is 0. The molecule has 0 heterocycles. The molecular weight excluding hydrogens is 278 g/mol. The first-order valence-electron chi connectivity index (χ1n) is 8.16. The number of rotatable bonds is 5. The molecule has 1 N–H and O–H groups in total. The van der Waals surface area contributed by atoms with Gasteiger partial charge in [-0.25, -0.2) is 0 Å². The summed E-state index contributed by atoms with van der Waals surface area (Å²) >= 11 is 0. The van der Waals surface area contributed by atoms with Gasteiger partial charge in [-0.2, -0.15) is 0 Å². The van der Waals surface area contributed by atoms with Crippen LogP contribution in [0.2, 0.25) is 0 Å². The summed E-state index contributed by atoms with van der Waals surface area (Å²) in [5.74, 6) is -1.23. The van der Waals surface area contributed by atoms with Crippen LogP contribution in [-0.2, 0) is 14.3 Å². The zero-order valence-corrected chi connectivity index (χ0v) is 13.4. The van der Waals surface area contributed by atoms with Gasteiger partial charge in [0, 0.05) is 5.69 Å². The predicted molar refractivity (Wildman–Crippen MR) is 86.5 cm³/mol. The normalized spacial score (nSPS) is 16.8. The van der Waals surface area contributed by atoms with Crippen molar-refractivity contribution in [2.45, 2.75) is 46.0 Å². The third-order valence-electron chi connectivity index (χ3n) is 4.26. The Balaban J connectivity index is 2.10. The van der Waals surface area contributed by atoms with Gasteiger partial charge in [0.05, 0.1) is 6.61 Å². The number of aryl methyl sites for hydroxylation is 1. The molecule has 0 saturated heterocycles. The summed E-state index contributed by atoms with van der Waals surface area (Å²) in [6, 6.07) is 7.60. The van der Waals surface area contributed by atoms with E-state index in [0.29, 0.717) is 6.61 Å². The smallest absolute Gasteiger partial charge is 0.318 e. The van der Waals surface area contributed by atoms with Gasteiger partial charge in [0.25, 0.3) is 0 Å². The zero-order valence-electron chi connectivity index (χ0n) is 13.4. The Morgan fingerprint density at radius 2 is 1.82 bits per heavy atom. The molecule has 4 heteroatoms. The van der Waals surface area contributed by atoms with Gasteiger partial charge < -0.3 is 10.1 Å². The van der Waals surface area contributed by atoms with Crippen LogP contribution in [0.1, 0.15) is 44.6 Å². The number of amides is 1. The molecular formula is C18H25NO3. The maximum absolute atomic E-state index is 12.6. The lowest BCUT2D eigenvalue weighted by Crippen LogP contribution is -2.37. The van der Waals surface area contributed by atoms with Crippen LogP contribution in [0.4, 0.5) is 5.69 Å². The largest absolute Gasteiger partial charge is 0.465 e. The third-order valence-corrected chi connectivity index (χ3v) is 4.26. The third kappa shape index (κ3) is 4.33. The second kappa shape index (κ2) is 7.97. The second-order valence-corrected chi connectivity index (χ2v) is 5.98. The van der Waals surface area contributed by atoms with E-state index < -0.39 is 5.92 Å². The minimum atomic E-state index is -0.693. The van der Waals surface area contributed by atoms with Crippen LogP contribution < -0.4 is 5.32 Å². The lowest BCUT2D eigenvalue weighted by atomic mass is 9.79. The highest BCUT2D eigenvalue weighted by molar-refractivity contribution is 6.05. The number of hydrogen-bond acceptors (Lipinski definition) is 3. The van der Waals surface area contributed by atoms with E-state index in [0.717, 1.165) is 36.9 Å². The molecule has 1 amide bonds. The van der Waals surface area contributed by atoms with Gasteiger partial charge in [0.15, 0.2) is 0 Å². The number of nitrogens with one attached hydrogen (secondary N) is 1. The van der Waals surface area contributed by atoms with Gasteiger partial charge in [0.1, 0.15) is 5.92 Å². The predicted octanol–water partition coefficient (Wildman–Crippen LogP) is 3.69. The molecule has 1 atom stereocenters. The van der Waals surface area contributed by atoms with Crippen molar-refractivity contribution in [3.8, 4) is 0 Å². The molecule has 2 rings (SSSR count). The monoisotopic (exact) mass is 303 g/mol. The molecule has 0 radical (unpaired) electrons. The molecule has 0 bridgehead atoms. The molecule has 0 aliphatic heterocycles. The van der Waals surface area contributed by atoms with Crippen molar-refractivity contribution in [2.75, 3.05) is 11.9 Å². The van der Waals surface area contributed by atoms with E-state index in [4.69, 9.17) is 4.74 Å². The zero-order chi connectivity index (χ0) is 15.9. The number of esters is 1. The van der Waals surface area contributed by atoms with E-state index >= 15 is 0 Å². The molecule has 1 saturated carbocycles. The fraction of sp³-hybridized carbons (Fsp3) is 0.556. The number of carbonyl (C=O) groups is 2. The van der Waals surface area contributed by atoms with Gasteiger partial charge in [0.2, 0.25) is 5.91 Å². The Morgan fingerprint density at radius 1 is 1.18 bits per heavy atom. The van der Waals surface area contributed by atoms with Crippen molar-refractivity contribution in [2.24, 2.45) is 11.8 Å². The van der Waals surface area contributed by atoms with Crippen molar-refractivity contribution in [3.63, 3.8) is 0 Å². The summed E-state index contributed by atoms with van der Waals surface area (Å²) in [6.07, 6.45) is 5.19. The Morgan fingerprint density at radius 3 is 2.41 bits per heavy atom. The van der Waals surface area contributed by atoms with Gasteiger partial charge >= 0.3 is 5.97 Å². The number of anilines is 1. The highest BCUT2D eigenvalue weighted by atomic mass is 16.5. The molecule has 1 aliphatic carbocycles. The number of carbonyl (C=O) groups excluding carboxylic acids is 2. The number of hydrogen-bond donors (Lipinski definition) is 1. The fourth-order valence-electron chi connectivity index (χ4n) is 3.07. The molecule has 1 aromatic carbocycles. The summed E-state index contributed by atoms with van der Waals surface area (Å²) in [6.45, 7) is 4.07. The van der Waals surface area contributed by atoms with Crippen molar-refractivity contribution < 1.29 is 14.3 Å². The van der Waals surface area contributed by atoms with Crippen LogP contribution in [0, 0.1) is 18.8 Å². The molecule has 1 fully saturated rings. The van der Waals surface area contributed by atoms with E-state index in [9.17, 15) is 9.59 Å². The first kappa shape index (κ1) is 16.5. The fourth-order valence-corrected chi connectivity index (χ4v) is 3.07. The molecule has 4 nitrogen and oxygen atoms in total. The maximum atomic E-state index is 12.6. The van der Waals surface area contributed by atoms with Crippen molar-refractivity contribution in [3.05, 3.63) is 29.8 Å². The molecule has 1 aliphatic rings. The van der Waals surface area contributed by atoms with E-state index in [2.05, 4.69) is 5.32 Å². The lowest BCUT2D eigenvalue weighted by molar-refractivity contribution is -0.153. The van der Waals surface area contributed by atoms with Gasteiger partial charge in [-0.15, -0.1) is 0 Å². The molecule has 0 aromatic heterocycles. The van der Waals surface area contributed by atoms with Crippen molar-refractivity contribution >= 4 is 17.6 Å². The quantitative estimate of drug-likeness (QED) is 0.666. The topological polar surface area (TPSA) is 55.4 Å². The molecule has 0 unspecified atom stereocenters. The summed E-state index contributed by atoms with van der Waals surface area (Å²) < 4.78 is 5.14. The molecule has 0 spiro atoms. The number of ether oxygens (including phenoxy) is 1. The minimum absolute atomic E-state index is 0.0956. The first-order valence-corrected chi connectivity index (χ1v) is 8.16. The lowest BCUT2D eigenvalue weighted by Gasteiger charge is -2.27. The Labute approximate surface area is 132 Å².